The average Bonchev–Trinajstić information content (AvgIpc) is 2.39. The van der Waals surface area contributed by atoms with E-state index in [4.69, 9.17) is 4.74 Å². The van der Waals surface area contributed by atoms with Crippen LogP contribution in [0.4, 0.5) is 0 Å². The molecule has 1 aromatic carbocycles. The Morgan fingerprint density at radius 2 is 1.83 bits per heavy atom. The molecule has 1 rings (SSSR count). The Bertz CT molecular complexity index is 358. The summed E-state index contributed by atoms with van der Waals surface area (Å²) < 4.78 is 5.73. The highest BCUT2D eigenvalue weighted by Crippen LogP contribution is 2.22. The predicted octanol–water partition coefficient (Wildman–Crippen LogP) is 4.55. The summed E-state index contributed by atoms with van der Waals surface area (Å²) in [5, 5.41) is 0. The molecular formula is C16H24O2. The molecular weight excluding hydrogens is 224 g/mol. The van der Waals surface area contributed by atoms with Gasteiger partial charge in [-0.25, -0.2) is 0 Å². The van der Waals surface area contributed by atoms with Gasteiger partial charge in [0.1, 0.15) is 5.75 Å². The van der Waals surface area contributed by atoms with Gasteiger partial charge in [0.15, 0.2) is 6.29 Å². The van der Waals surface area contributed by atoms with E-state index in [1.165, 1.54) is 32.1 Å². The molecule has 18 heavy (non-hydrogen) atoms. The van der Waals surface area contributed by atoms with Crippen molar-refractivity contribution in [3.8, 4) is 5.75 Å². The Hall–Kier alpha value is -1.31. The highest BCUT2D eigenvalue weighted by atomic mass is 16.5. The first-order valence-corrected chi connectivity index (χ1v) is 6.97. The molecule has 0 fully saturated rings. The van der Waals surface area contributed by atoms with Crippen molar-refractivity contribution in [1.82, 2.24) is 0 Å². The zero-order chi connectivity index (χ0) is 13.2. The standard InChI is InChI=1S/C16H24O2/c1-3-4-5-6-7-8-12-18-16-14(2)10-9-11-15(16)13-17/h9-11,13H,3-8,12H2,1-2H3. The maximum absolute atomic E-state index is 10.9. The maximum Gasteiger partial charge on any atom is 0.153 e. The molecule has 100 valence electrons. The average molecular weight is 248 g/mol. The van der Waals surface area contributed by atoms with E-state index in [1.807, 2.05) is 19.1 Å². The van der Waals surface area contributed by atoms with Gasteiger partial charge >= 0.3 is 0 Å². The van der Waals surface area contributed by atoms with Crippen molar-refractivity contribution in [1.29, 1.82) is 0 Å². The molecule has 0 spiro atoms. The fraction of sp³-hybridized carbons (Fsp3) is 0.562. The van der Waals surface area contributed by atoms with Crippen LogP contribution in [0.15, 0.2) is 18.2 Å². The molecule has 2 nitrogen and oxygen atoms in total. The summed E-state index contributed by atoms with van der Waals surface area (Å²) in [7, 11) is 0. The van der Waals surface area contributed by atoms with Crippen LogP contribution < -0.4 is 4.74 Å². The van der Waals surface area contributed by atoms with Crippen molar-refractivity contribution in [2.24, 2.45) is 0 Å². The molecule has 0 saturated carbocycles. The number of hydrogen-bond donors (Lipinski definition) is 0. The fourth-order valence-electron chi connectivity index (χ4n) is 2.02. The van der Waals surface area contributed by atoms with E-state index in [9.17, 15) is 4.79 Å². The number of aryl methyl sites for hydroxylation is 1. The van der Waals surface area contributed by atoms with E-state index in [2.05, 4.69) is 6.92 Å². The first kappa shape index (κ1) is 14.7. The largest absolute Gasteiger partial charge is 0.493 e. The molecule has 0 bridgehead atoms. The summed E-state index contributed by atoms with van der Waals surface area (Å²) in [6.07, 6.45) is 8.35. The Balaban J connectivity index is 2.29. The maximum atomic E-state index is 10.9. The molecule has 0 heterocycles. The molecule has 0 unspecified atom stereocenters. The van der Waals surface area contributed by atoms with Gasteiger partial charge in [-0.3, -0.25) is 4.79 Å². The zero-order valence-corrected chi connectivity index (χ0v) is 11.6. The van der Waals surface area contributed by atoms with Crippen molar-refractivity contribution >= 4 is 6.29 Å². The summed E-state index contributed by atoms with van der Waals surface area (Å²) in [6, 6.07) is 5.66. The Kier molecular flexibility index (Phi) is 7.16. The fourth-order valence-corrected chi connectivity index (χ4v) is 2.02. The van der Waals surface area contributed by atoms with E-state index >= 15 is 0 Å². The van der Waals surface area contributed by atoms with Crippen LogP contribution in [0.3, 0.4) is 0 Å². The Morgan fingerprint density at radius 3 is 2.56 bits per heavy atom. The second-order valence-corrected chi connectivity index (χ2v) is 4.73. The van der Waals surface area contributed by atoms with Crippen LogP contribution in [-0.2, 0) is 0 Å². The minimum Gasteiger partial charge on any atom is -0.493 e. The number of para-hydroxylation sites is 1. The van der Waals surface area contributed by atoms with Gasteiger partial charge in [0.05, 0.1) is 12.2 Å². The molecule has 0 aliphatic heterocycles. The lowest BCUT2D eigenvalue weighted by molar-refractivity contribution is 0.111. The van der Waals surface area contributed by atoms with E-state index in [-0.39, 0.29) is 0 Å². The summed E-state index contributed by atoms with van der Waals surface area (Å²) in [6.45, 7) is 4.91. The molecule has 0 radical (unpaired) electrons. The van der Waals surface area contributed by atoms with Crippen molar-refractivity contribution in [3.63, 3.8) is 0 Å². The van der Waals surface area contributed by atoms with Crippen LogP contribution in [0.5, 0.6) is 5.75 Å². The highest BCUT2D eigenvalue weighted by Gasteiger charge is 2.05. The van der Waals surface area contributed by atoms with Gasteiger partial charge in [-0.2, -0.15) is 0 Å². The minimum absolute atomic E-state index is 0.654. The zero-order valence-electron chi connectivity index (χ0n) is 11.6. The van der Waals surface area contributed by atoms with E-state index in [0.29, 0.717) is 12.2 Å². The van der Waals surface area contributed by atoms with Crippen LogP contribution in [0.25, 0.3) is 0 Å². The monoisotopic (exact) mass is 248 g/mol. The van der Waals surface area contributed by atoms with Crippen LogP contribution in [0.2, 0.25) is 0 Å². The summed E-state index contributed by atoms with van der Waals surface area (Å²) in [5.41, 5.74) is 1.69. The number of carbonyl (C=O) groups excluding carboxylic acids is 1. The second kappa shape index (κ2) is 8.73. The van der Waals surface area contributed by atoms with E-state index in [0.717, 1.165) is 24.0 Å². The number of hydrogen-bond acceptors (Lipinski definition) is 2. The molecule has 0 atom stereocenters. The predicted molar refractivity (Wildman–Crippen MR) is 75.4 cm³/mol. The summed E-state index contributed by atoms with van der Waals surface area (Å²) in [5.74, 6) is 0.751. The number of carbonyl (C=O) groups is 1. The number of benzene rings is 1. The third-order valence-electron chi connectivity index (χ3n) is 3.11. The molecule has 1 aromatic rings. The van der Waals surface area contributed by atoms with Crippen molar-refractivity contribution in [2.75, 3.05) is 6.61 Å². The number of rotatable bonds is 9. The van der Waals surface area contributed by atoms with Crippen molar-refractivity contribution < 1.29 is 9.53 Å². The number of ether oxygens (including phenoxy) is 1. The second-order valence-electron chi connectivity index (χ2n) is 4.73. The number of aldehydes is 1. The summed E-state index contributed by atoms with van der Waals surface area (Å²) >= 11 is 0. The van der Waals surface area contributed by atoms with Crippen LogP contribution in [0.1, 0.15) is 61.4 Å². The SMILES string of the molecule is CCCCCCCCOc1c(C)cccc1C=O. The lowest BCUT2D eigenvalue weighted by atomic mass is 10.1. The molecule has 0 aromatic heterocycles. The first-order valence-electron chi connectivity index (χ1n) is 6.97. The lowest BCUT2D eigenvalue weighted by Crippen LogP contribution is -2.01. The molecule has 0 amide bonds. The molecule has 2 heteroatoms. The third kappa shape index (κ3) is 4.91. The van der Waals surface area contributed by atoms with Crippen molar-refractivity contribution in [2.45, 2.75) is 52.4 Å². The Labute approximate surface area is 110 Å². The van der Waals surface area contributed by atoms with Gasteiger partial charge in [0.25, 0.3) is 0 Å². The Morgan fingerprint density at radius 1 is 1.11 bits per heavy atom. The molecule has 0 N–H and O–H groups in total. The van der Waals surface area contributed by atoms with Crippen molar-refractivity contribution in [3.05, 3.63) is 29.3 Å². The molecule has 0 aliphatic rings. The van der Waals surface area contributed by atoms with Gasteiger partial charge in [-0.05, 0) is 25.0 Å². The van der Waals surface area contributed by atoms with Crippen LogP contribution in [0, 0.1) is 6.92 Å². The van der Waals surface area contributed by atoms with Gasteiger partial charge in [-0.15, -0.1) is 0 Å². The number of unbranched alkanes of at least 4 members (excludes halogenated alkanes) is 5. The van der Waals surface area contributed by atoms with E-state index in [1.54, 1.807) is 6.07 Å². The van der Waals surface area contributed by atoms with Gasteiger partial charge in [0, 0.05) is 0 Å². The van der Waals surface area contributed by atoms with Gasteiger partial charge in [0.2, 0.25) is 0 Å². The molecule has 0 saturated heterocycles. The quantitative estimate of drug-likeness (QED) is 0.473. The minimum atomic E-state index is 0.654. The highest BCUT2D eigenvalue weighted by molar-refractivity contribution is 5.80. The van der Waals surface area contributed by atoms with E-state index < -0.39 is 0 Å². The van der Waals surface area contributed by atoms with Crippen LogP contribution >= 0.6 is 0 Å². The summed E-state index contributed by atoms with van der Waals surface area (Å²) in [4.78, 5) is 10.9. The van der Waals surface area contributed by atoms with Crippen LogP contribution in [-0.4, -0.2) is 12.9 Å². The van der Waals surface area contributed by atoms with Gasteiger partial charge < -0.3 is 4.74 Å². The topological polar surface area (TPSA) is 26.3 Å². The lowest BCUT2D eigenvalue weighted by Gasteiger charge is -2.11. The smallest absolute Gasteiger partial charge is 0.153 e. The normalized spacial score (nSPS) is 10.3. The van der Waals surface area contributed by atoms with Gasteiger partial charge in [-0.1, -0.05) is 51.2 Å². The molecule has 0 aliphatic carbocycles. The first-order chi connectivity index (χ1) is 8.79. The third-order valence-corrected chi connectivity index (χ3v) is 3.11.